The molecule has 1 fully saturated rings. The van der Waals surface area contributed by atoms with E-state index in [9.17, 15) is 14.0 Å². The average Bonchev–Trinajstić information content (AvgIpc) is 3.12. The third kappa shape index (κ3) is 3.53. The zero-order valence-electron chi connectivity index (χ0n) is 17.4. The summed E-state index contributed by atoms with van der Waals surface area (Å²) in [5.74, 6) is -0.789. The largest absolute Gasteiger partial charge is 0.353 e. The fraction of sp³-hybridized carbons (Fsp3) is 0.364. The van der Waals surface area contributed by atoms with E-state index in [1.165, 1.54) is 17.0 Å². The molecule has 30 heavy (non-hydrogen) atoms. The number of halogens is 1. The summed E-state index contributed by atoms with van der Waals surface area (Å²) >= 11 is 0. The van der Waals surface area contributed by atoms with Gasteiger partial charge in [-0.25, -0.2) is 13.9 Å². The molecule has 1 aromatic carbocycles. The van der Waals surface area contributed by atoms with Crippen LogP contribution in [0.15, 0.2) is 36.5 Å². The van der Waals surface area contributed by atoms with Gasteiger partial charge in [-0.15, -0.1) is 0 Å². The Kier molecular flexibility index (Phi) is 4.80. The van der Waals surface area contributed by atoms with Gasteiger partial charge in [-0.05, 0) is 42.7 Å². The molecule has 1 aliphatic heterocycles. The number of amides is 2. The Morgan fingerprint density at radius 1 is 1.23 bits per heavy atom. The van der Waals surface area contributed by atoms with Crippen molar-refractivity contribution in [2.45, 2.75) is 39.2 Å². The van der Waals surface area contributed by atoms with Crippen LogP contribution in [0.4, 0.5) is 4.39 Å². The van der Waals surface area contributed by atoms with Crippen LogP contribution < -0.4 is 5.32 Å². The maximum atomic E-state index is 13.3. The van der Waals surface area contributed by atoms with E-state index in [-0.39, 0.29) is 28.7 Å². The summed E-state index contributed by atoms with van der Waals surface area (Å²) in [5, 5.41) is 7.37. The lowest BCUT2D eigenvalue weighted by Crippen LogP contribution is -2.55. The molecule has 4 rings (SSSR count). The Bertz CT molecular complexity index is 1130. The lowest BCUT2D eigenvalue weighted by Gasteiger charge is -2.32. The first-order valence-electron chi connectivity index (χ1n) is 9.90. The zero-order chi connectivity index (χ0) is 21.6. The smallest absolute Gasteiger partial charge is 0.274 e. The molecule has 0 bridgehead atoms. The van der Waals surface area contributed by atoms with E-state index in [2.05, 4.69) is 36.2 Å². The van der Waals surface area contributed by atoms with Crippen LogP contribution in [0, 0.1) is 5.82 Å². The third-order valence-corrected chi connectivity index (χ3v) is 5.35. The summed E-state index contributed by atoms with van der Waals surface area (Å²) in [6, 6.07) is 7.51. The summed E-state index contributed by atoms with van der Waals surface area (Å²) in [4.78, 5) is 31.1. The van der Waals surface area contributed by atoms with E-state index in [0.29, 0.717) is 24.4 Å². The number of piperazine rings is 1. The standard InChI is InChI=1S/C22H24FN5O2/c1-13-20(29)24-9-10-27(13)21(30)18-12-28-19(25-18)16(22(2,3)4)11-17(26-28)14-5-7-15(23)8-6-14/h5-8,11-13H,9-10H2,1-4H3,(H,24,29). The molecule has 3 aromatic rings. The highest BCUT2D eigenvalue weighted by Crippen LogP contribution is 2.30. The van der Waals surface area contributed by atoms with E-state index in [4.69, 9.17) is 0 Å². The molecule has 0 radical (unpaired) electrons. The van der Waals surface area contributed by atoms with Gasteiger partial charge in [0, 0.05) is 24.2 Å². The van der Waals surface area contributed by atoms with Crippen molar-refractivity contribution in [3.8, 4) is 11.3 Å². The number of nitrogens with zero attached hydrogens (tertiary/aromatic N) is 4. The lowest BCUT2D eigenvalue weighted by atomic mass is 9.87. The molecule has 2 amide bonds. The number of aromatic nitrogens is 3. The van der Waals surface area contributed by atoms with Crippen LogP contribution >= 0.6 is 0 Å². The van der Waals surface area contributed by atoms with Crippen molar-refractivity contribution in [1.29, 1.82) is 0 Å². The minimum Gasteiger partial charge on any atom is -0.353 e. The second-order valence-corrected chi connectivity index (χ2v) is 8.56. The van der Waals surface area contributed by atoms with Gasteiger partial charge in [-0.2, -0.15) is 5.10 Å². The van der Waals surface area contributed by atoms with Gasteiger partial charge in [0.2, 0.25) is 5.91 Å². The first kappa shape index (κ1) is 20.0. The molecule has 0 saturated carbocycles. The van der Waals surface area contributed by atoms with Crippen LogP contribution in [0.25, 0.3) is 16.9 Å². The van der Waals surface area contributed by atoms with Gasteiger partial charge in [0.15, 0.2) is 5.65 Å². The van der Waals surface area contributed by atoms with Crippen LogP contribution in [-0.2, 0) is 10.2 Å². The SMILES string of the molecule is CC1C(=O)NCCN1C(=O)c1cn2nc(-c3ccc(F)cc3)cc(C(C)(C)C)c2n1. The highest BCUT2D eigenvalue weighted by atomic mass is 19.1. The maximum absolute atomic E-state index is 13.3. The molecule has 3 heterocycles. The second kappa shape index (κ2) is 7.19. The monoisotopic (exact) mass is 409 g/mol. The van der Waals surface area contributed by atoms with Gasteiger partial charge in [0.1, 0.15) is 17.6 Å². The van der Waals surface area contributed by atoms with E-state index in [1.54, 1.807) is 29.8 Å². The molecule has 0 aliphatic carbocycles. The molecular weight excluding hydrogens is 385 g/mol. The molecule has 7 nitrogen and oxygen atoms in total. The molecule has 0 spiro atoms. The van der Waals surface area contributed by atoms with Crippen LogP contribution in [-0.4, -0.2) is 50.4 Å². The molecule has 156 valence electrons. The van der Waals surface area contributed by atoms with E-state index in [1.807, 2.05) is 6.07 Å². The van der Waals surface area contributed by atoms with Crippen molar-refractivity contribution in [2.24, 2.45) is 0 Å². The normalized spacial score (nSPS) is 17.3. The van der Waals surface area contributed by atoms with Gasteiger partial charge in [-0.1, -0.05) is 20.8 Å². The predicted octanol–water partition coefficient (Wildman–Crippen LogP) is 2.79. The van der Waals surface area contributed by atoms with Crippen molar-refractivity contribution < 1.29 is 14.0 Å². The fourth-order valence-electron chi connectivity index (χ4n) is 3.60. The van der Waals surface area contributed by atoms with Crippen molar-refractivity contribution >= 4 is 17.5 Å². The molecule has 1 aliphatic rings. The quantitative estimate of drug-likeness (QED) is 0.706. The van der Waals surface area contributed by atoms with E-state index in [0.717, 1.165) is 11.1 Å². The van der Waals surface area contributed by atoms with Gasteiger partial charge in [0.25, 0.3) is 5.91 Å². The van der Waals surface area contributed by atoms with Crippen molar-refractivity contribution in [3.63, 3.8) is 0 Å². The minimum absolute atomic E-state index is 0.175. The maximum Gasteiger partial charge on any atom is 0.274 e. The zero-order valence-corrected chi connectivity index (χ0v) is 17.4. The van der Waals surface area contributed by atoms with Gasteiger partial charge >= 0.3 is 0 Å². The summed E-state index contributed by atoms with van der Waals surface area (Å²) in [5.41, 5.74) is 2.92. The summed E-state index contributed by atoms with van der Waals surface area (Å²) < 4.78 is 14.9. The van der Waals surface area contributed by atoms with Crippen molar-refractivity contribution in [2.75, 3.05) is 13.1 Å². The number of carbonyl (C=O) groups is 2. The number of hydrogen-bond acceptors (Lipinski definition) is 4. The Morgan fingerprint density at radius 2 is 1.93 bits per heavy atom. The first-order valence-corrected chi connectivity index (χ1v) is 9.90. The summed E-state index contributed by atoms with van der Waals surface area (Å²) in [7, 11) is 0. The van der Waals surface area contributed by atoms with Crippen LogP contribution in [0.5, 0.6) is 0 Å². The number of carbonyl (C=O) groups excluding carboxylic acids is 2. The molecule has 8 heteroatoms. The predicted molar refractivity (Wildman–Crippen MR) is 111 cm³/mol. The van der Waals surface area contributed by atoms with Gasteiger partial charge in [-0.3, -0.25) is 9.59 Å². The number of fused-ring (bicyclic) bond motifs is 1. The molecule has 1 unspecified atom stereocenters. The van der Waals surface area contributed by atoms with Crippen molar-refractivity contribution in [3.05, 3.63) is 53.6 Å². The van der Waals surface area contributed by atoms with E-state index < -0.39 is 6.04 Å². The van der Waals surface area contributed by atoms with Gasteiger partial charge in [0.05, 0.1) is 11.9 Å². The average molecular weight is 409 g/mol. The minimum atomic E-state index is -0.555. The lowest BCUT2D eigenvalue weighted by molar-refractivity contribution is -0.127. The number of nitrogens with one attached hydrogen (secondary N) is 1. The Labute approximate surface area is 173 Å². The molecule has 1 atom stereocenters. The summed E-state index contributed by atoms with van der Waals surface area (Å²) in [6.45, 7) is 8.73. The second-order valence-electron chi connectivity index (χ2n) is 8.56. The van der Waals surface area contributed by atoms with Gasteiger partial charge < -0.3 is 10.2 Å². The summed E-state index contributed by atoms with van der Waals surface area (Å²) in [6.07, 6.45) is 1.60. The number of imidazole rings is 1. The Balaban J connectivity index is 1.82. The third-order valence-electron chi connectivity index (χ3n) is 5.35. The Hall–Kier alpha value is -3.29. The molecule has 1 N–H and O–H groups in total. The number of rotatable bonds is 2. The van der Waals surface area contributed by atoms with Crippen LogP contribution in [0.3, 0.4) is 0 Å². The highest BCUT2D eigenvalue weighted by Gasteiger charge is 2.32. The number of hydrogen-bond donors (Lipinski definition) is 1. The fourth-order valence-corrected chi connectivity index (χ4v) is 3.60. The molecule has 1 saturated heterocycles. The van der Waals surface area contributed by atoms with Crippen LogP contribution in [0.2, 0.25) is 0 Å². The van der Waals surface area contributed by atoms with E-state index >= 15 is 0 Å². The topological polar surface area (TPSA) is 79.6 Å². The molecule has 2 aromatic heterocycles. The highest BCUT2D eigenvalue weighted by molar-refractivity contribution is 5.97. The first-order chi connectivity index (χ1) is 14.1. The molecular formula is C22H24FN5O2. The van der Waals surface area contributed by atoms with Crippen molar-refractivity contribution in [1.82, 2.24) is 24.8 Å². The Morgan fingerprint density at radius 3 is 2.60 bits per heavy atom. The number of benzene rings is 1. The van der Waals surface area contributed by atoms with Crippen LogP contribution in [0.1, 0.15) is 43.7 Å².